The number of hydrogen-bond acceptors (Lipinski definition) is 6. The van der Waals surface area contributed by atoms with Crippen LogP contribution < -0.4 is 0 Å². The van der Waals surface area contributed by atoms with Crippen molar-refractivity contribution in [2.75, 3.05) is 5.33 Å². The lowest BCUT2D eigenvalue weighted by molar-refractivity contribution is -0.165. The molecule has 2 saturated heterocycles. The number of carboxylic acids is 1. The van der Waals surface area contributed by atoms with Gasteiger partial charge in [0.15, 0.2) is 12.0 Å². The molecule has 1 unspecified atom stereocenters. The third-order valence-corrected chi connectivity index (χ3v) is 4.60. The monoisotopic (exact) mass is 451 g/mol. The summed E-state index contributed by atoms with van der Waals surface area (Å²) in [5, 5.41) is 10.1. The molecule has 8 nitrogen and oxygen atoms in total. The molecule has 1 aromatic rings. The van der Waals surface area contributed by atoms with E-state index >= 15 is 0 Å². The van der Waals surface area contributed by atoms with Crippen molar-refractivity contribution in [3.05, 3.63) is 59.4 Å². The molecule has 28 heavy (non-hydrogen) atoms. The van der Waals surface area contributed by atoms with Gasteiger partial charge in [0.1, 0.15) is 6.61 Å². The predicted molar refractivity (Wildman–Crippen MR) is 100 cm³/mol. The fourth-order valence-corrected chi connectivity index (χ4v) is 3.11. The number of rotatable bonds is 7. The van der Waals surface area contributed by atoms with Crippen molar-refractivity contribution in [1.82, 2.24) is 4.90 Å². The fourth-order valence-electron chi connectivity index (χ4n) is 2.84. The van der Waals surface area contributed by atoms with Crippen LogP contribution >= 0.6 is 15.9 Å². The summed E-state index contributed by atoms with van der Waals surface area (Å²) in [6.07, 6.45) is 0.647. The number of β-lactam (4-membered cyclic amide) rings is 1. The zero-order chi connectivity index (χ0) is 20.1. The molecule has 0 saturated carbocycles. The van der Waals surface area contributed by atoms with Crippen molar-refractivity contribution in [2.24, 2.45) is 0 Å². The number of halogens is 1. The summed E-state index contributed by atoms with van der Waals surface area (Å²) in [6.45, 7) is -0.0105. The molecule has 2 aliphatic heterocycles. The summed E-state index contributed by atoms with van der Waals surface area (Å²) in [7, 11) is 0. The molecule has 0 bridgehead atoms. The number of aliphatic carboxylic acids is 1. The zero-order valence-corrected chi connectivity index (χ0v) is 16.3. The molecule has 0 radical (unpaired) electrons. The van der Waals surface area contributed by atoms with Crippen molar-refractivity contribution in [1.29, 1.82) is 0 Å². The lowest BCUT2D eigenvalue weighted by Crippen LogP contribution is -2.53. The number of ether oxygens (including phenoxy) is 3. The Labute approximate surface area is 169 Å². The van der Waals surface area contributed by atoms with Crippen molar-refractivity contribution in [2.45, 2.75) is 31.9 Å². The molecule has 2 atom stereocenters. The van der Waals surface area contributed by atoms with Crippen LogP contribution in [0.15, 0.2) is 53.8 Å². The summed E-state index contributed by atoms with van der Waals surface area (Å²) in [4.78, 5) is 36.9. The Morgan fingerprint density at radius 3 is 2.68 bits per heavy atom. The molecule has 148 valence electrons. The first-order valence-electron chi connectivity index (χ1n) is 8.53. The lowest BCUT2D eigenvalue weighted by atomic mass is 10.1. The zero-order valence-electron chi connectivity index (χ0n) is 14.7. The van der Waals surface area contributed by atoms with Crippen molar-refractivity contribution < 1.29 is 33.7 Å². The van der Waals surface area contributed by atoms with Gasteiger partial charge in [0, 0.05) is 11.8 Å². The third-order valence-electron chi connectivity index (χ3n) is 4.23. The number of carboxylic acid groups (broad SMARTS) is 1. The number of hydrogen-bond donors (Lipinski definition) is 1. The van der Waals surface area contributed by atoms with Crippen molar-refractivity contribution >= 4 is 34.0 Å². The van der Waals surface area contributed by atoms with Crippen LogP contribution in [0.2, 0.25) is 0 Å². The molecule has 2 fully saturated rings. The second-order valence-electron chi connectivity index (χ2n) is 6.05. The maximum atomic E-state index is 12.1. The van der Waals surface area contributed by atoms with Gasteiger partial charge < -0.3 is 19.3 Å². The lowest BCUT2D eigenvalue weighted by Gasteiger charge is -2.33. The van der Waals surface area contributed by atoms with Crippen molar-refractivity contribution in [3.8, 4) is 0 Å². The van der Waals surface area contributed by atoms with Gasteiger partial charge in [-0.15, -0.1) is 0 Å². The number of benzene rings is 1. The van der Waals surface area contributed by atoms with E-state index in [1.165, 1.54) is 4.90 Å². The number of alkyl halides is 1. The minimum absolute atomic E-state index is 0.0105. The average Bonchev–Trinajstić information content (AvgIpc) is 2.95. The van der Waals surface area contributed by atoms with Crippen LogP contribution in [0, 0.1) is 0 Å². The maximum Gasteiger partial charge on any atom is 0.510 e. The number of fused-ring (bicyclic) bond motifs is 1. The number of allylic oxidation sites excluding steroid dienone is 2. The highest BCUT2D eigenvalue weighted by atomic mass is 79.9. The van der Waals surface area contributed by atoms with E-state index in [0.717, 1.165) is 5.56 Å². The highest BCUT2D eigenvalue weighted by molar-refractivity contribution is 9.09. The standard InChI is InChI=1S/C19H18BrNO7/c20-9-5-4-8-13(18(23)24)16-17(21-14(22)10-15(21)27-16)28-19(25)26-11-12-6-2-1-3-7-12/h1-7,15,17H,8-11H2,(H,23,24)/t15-,17?/m1/s1. The summed E-state index contributed by atoms with van der Waals surface area (Å²) < 4.78 is 15.9. The largest absolute Gasteiger partial charge is 0.510 e. The van der Waals surface area contributed by atoms with Gasteiger partial charge in [-0.1, -0.05) is 58.4 Å². The number of carbonyl (C=O) groups is 3. The van der Waals surface area contributed by atoms with Crippen LogP contribution in [0.25, 0.3) is 0 Å². The predicted octanol–water partition coefficient (Wildman–Crippen LogP) is 2.93. The molecule has 2 aliphatic rings. The van der Waals surface area contributed by atoms with Crippen LogP contribution in [0.5, 0.6) is 0 Å². The van der Waals surface area contributed by atoms with Gasteiger partial charge in [-0.3, -0.25) is 9.69 Å². The molecular formula is C19H18BrNO7. The summed E-state index contributed by atoms with van der Waals surface area (Å²) in [5.74, 6) is -1.56. The quantitative estimate of drug-likeness (QED) is 0.223. The van der Waals surface area contributed by atoms with E-state index in [0.29, 0.717) is 5.33 Å². The van der Waals surface area contributed by atoms with Crippen LogP contribution in [0.4, 0.5) is 4.79 Å². The highest BCUT2D eigenvalue weighted by Gasteiger charge is 2.54. The summed E-state index contributed by atoms with van der Waals surface area (Å²) in [6, 6.07) is 9.01. The van der Waals surface area contributed by atoms with Crippen LogP contribution in [0.3, 0.4) is 0 Å². The Balaban J connectivity index is 1.75. The van der Waals surface area contributed by atoms with Gasteiger partial charge in [-0.25, -0.2) is 9.59 Å². The van der Waals surface area contributed by atoms with Gasteiger partial charge in [0.05, 0.1) is 12.0 Å². The molecule has 1 aromatic carbocycles. The topological polar surface area (TPSA) is 102 Å². The Hall–Kier alpha value is -2.81. The van der Waals surface area contributed by atoms with E-state index < -0.39 is 24.6 Å². The first-order chi connectivity index (χ1) is 13.5. The first kappa shape index (κ1) is 19.9. The van der Waals surface area contributed by atoms with Gasteiger partial charge >= 0.3 is 12.1 Å². The molecule has 1 amide bonds. The average molecular weight is 452 g/mol. The van der Waals surface area contributed by atoms with Gasteiger partial charge in [-0.2, -0.15) is 0 Å². The van der Waals surface area contributed by atoms with Gasteiger partial charge in [-0.05, 0) is 5.56 Å². The van der Waals surface area contributed by atoms with E-state index in [1.807, 2.05) is 6.07 Å². The van der Waals surface area contributed by atoms with E-state index in [9.17, 15) is 19.5 Å². The summed E-state index contributed by atoms with van der Waals surface area (Å²) >= 11 is 3.22. The van der Waals surface area contributed by atoms with Gasteiger partial charge in [0.25, 0.3) is 0 Å². The van der Waals surface area contributed by atoms with E-state index in [2.05, 4.69) is 15.9 Å². The SMILES string of the molecule is O=C(OCc1ccccc1)OC1C(=C(CC=CCBr)C(=O)O)O[C@@H]2CC(=O)N12. The van der Waals surface area contributed by atoms with Gasteiger partial charge in [0.2, 0.25) is 12.1 Å². The van der Waals surface area contributed by atoms with Crippen molar-refractivity contribution in [3.63, 3.8) is 0 Å². The Kier molecular flexibility index (Phi) is 6.35. The molecular weight excluding hydrogens is 434 g/mol. The van der Waals surface area contributed by atoms with E-state index in [4.69, 9.17) is 14.2 Å². The molecule has 0 aromatic heterocycles. The number of carbonyl (C=O) groups excluding carboxylic acids is 2. The fraction of sp³-hybridized carbons (Fsp3) is 0.316. The second-order valence-corrected chi connectivity index (χ2v) is 6.70. The first-order valence-corrected chi connectivity index (χ1v) is 9.66. The number of amides is 1. The maximum absolute atomic E-state index is 12.1. The van der Waals surface area contributed by atoms with E-state index in [-0.39, 0.29) is 36.7 Å². The molecule has 2 heterocycles. The van der Waals surface area contributed by atoms with Crippen LogP contribution in [-0.2, 0) is 30.4 Å². The Morgan fingerprint density at radius 2 is 2.04 bits per heavy atom. The van der Waals surface area contributed by atoms with Crippen LogP contribution in [-0.4, -0.2) is 45.8 Å². The second kappa shape index (κ2) is 8.92. The smallest absolute Gasteiger partial charge is 0.478 e. The molecule has 3 rings (SSSR count). The minimum atomic E-state index is -1.25. The molecule has 0 spiro atoms. The normalized spacial score (nSPS) is 22.3. The van der Waals surface area contributed by atoms with E-state index in [1.54, 1.807) is 36.4 Å². The van der Waals surface area contributed by atoms with Crippen LogP contribution in [0.1, 0.15) is 18.4 Å². The molecule has 0 aliphatic carbocycles. The Morgan fingerprint density at radius 1 is 1.29 bits per heavy atom. The molecule has 1 N–H and O–H groups in total. The number of nitrogens with zero attached hydrogens (tertiary/aromatic N) is 1. The Bertz CT molecular complexity index is 821. The summed E-state index contributed by atoms with van der Waals surface area (Å²) in [5.41, 5.74) is 0.683. The minimum Gasteiger partial charge on any atom is -0.478 e. The highest BCUT2D eigenvalue weighted by Crippen LogP contribution is 2.39. The molecule has 9 heteroatoms. The third kappa shape index (κ3) is 4.36.